The van der Waals surface area contributed by atoms with Crippen LogP contribution in [0.15, 0.2) is 27.8 Å². The van der Waals surface area contributed by atoms with Gasteiger partial charge in [-0.25, -0.2) is 0 Å². The van der Waals surface area contributed by atoms with Gasteiger partial charge >= 0.3 is 0 Å². The van der Waals surface area contributed by atoms with Crippen molar-refractivity contribution in [1.29, 1.82) is 0 Å². The fourth-order valence-corrected chi connectivity index (χ4v) is 4.20. The van der Waals surface area contributed by atoms with Crippen molar-refractivity contribution in [2.24, 2.45) is 5.92 Å². The third kappa shape index (κ3) is 4.67. The van der Waals surface area contributed by atoms with Gasteiger partial charge in [-0.2, -0.15) is 0 Å². The van der Waals surface area contributed by atoms with Crippen LogP contribution in [-0.4, -0.2) is 27.4 Å². The third-order valence-corrected chi connectivity index (χ3v) is 5.90. The highest BCUT2D eigenvalue weighted by molar-refractivity contribution is 8.00. The molecule has 5 nitrogen and oxygen atoms in total. The lowest BCUT2D eigenvalue weighted by Gasteiger charge is -2.30. The summed E-state index contributed by atoms with van der Waals surface area (Å²) in [6, 6.07) is 6.44. The summed E-state index contributed by atoms with van der Waals surface area (Å²) in [5.41, 5.74) is 3.22. The van der Waals surface area contributed by atoms with E-state index >= 15 is 0 Å². The second-order valence-electron chi connectivity index (χ2n) is 7.39. The van der Waals surface area contributed by atoms with E-state index in [9.17, 15) is 4.79 Å². The average Bonchev–Trinajstić information content (AvgIpc) is 3.04. The van der Waals surface area contributed by atoms with Crippen LogP contribution < -0.4 is 5.32 Å². The molecule has 3 atom stereocenters. The number of carbonyl (C=O) groups excluding carboxylic acids is 1. The van der Waals surface area contributed by atoms with E-state index in [1.165, 1.54) is 31.0 Å². The summed E-state index contributed by atoms with van der Waals surface area (Å²) >= 11 is 1.31. The van der Waals surface area contributed by atoms with Crippen molar-refractivity contribution >= 4 is 17.7 Å². The SMILES string of the molecule is Cc1cc(C)cc(-c2nnc(S[C@@H](C)C(=O)N[C@H]3CCCC[C@@H]3C)o2)c1. The molecule has 1 fully saturated rings. The fraction of sp³-hybridized carbons (Fsp3) is 0.550. The van der Waals surface area contributed by atoms with Gasteiger partial charge in [0.05, 0.1) is 5.25 Å². The standard InChI is InChI=1S/C20H27N3O2S/c1-12-9-13(2)11-16(10-12)19-22-23-20(25-19)26-15(4)18(24)21-17-8-6-5-7-14(17)3/h9-11,14-15,17H,5-8H2,1-4H3,(H,21,24)/t14-,15-,17-/m0/s1. The van der Waals surface area contributed by atoms with E-state index in [0.717, 1.165) is 23.1 Å². The molecule has 1 aromatic heterocycles. The van der Waals surface area contributed by atoms with Crippen LogP contribution in [0.5, 0.6) is 0 Å². The molecule has 140 valence electrons. The Bertz CT molecular complexity index is 754. The van der Waals surface area contributed by atoms with Gasteiger partial charge in [-0.3, -0.25) is 4.79 Å². The maximum absolute atomic E-state index is 12.5. The first-order valence-electron chi connectivity index (χ1n) is 9.31. The molecular weight excluding hydrogens is 346 g/mol. The van der Waals surface area contributed by atoms with Crippen molar-refractivity contribution in [3.8, 4) is 11.5 Å². The first-order valence-corrected chi connectivity index (χ1v) is 10.2. The summed E-state index contributed by atoms with van der Waals surface area (Å²) < 4.78 is 5.77. The zero-order valence-electron chi connectivity index (χ0n) is 15.9. The number of aryl methyl sites for hydroxylation is 2. The topological polar surface area (TPSA) is 68.0 Å². The Balaban J connectivity index is 1.62. The molecule has 0 bridgehead atoms. The third-order valence-electron chi connectivity index (χ3n) is 4.96. The molecule has 6 heteroatoms. The molecule has 0 spiro atoms. The van der Waals surface area contributed by atoms with Gasteiger partial charge in [0.2, 0.25) is 11.8 Å². The molecule has 1 heterocycles. The van der Waals surface area contributed by atoms with Crippen LogP contribution in [0.25, 0.3) is 11.5 Å². The molecule has 3 rings (SSSR count). The monoisotopic (exact) mass is 373 g/mol. The summed E-state index contributed by atoms with van der Waals surface area (Å²) in [6.07, 6.45) is 4.72. The van der Waals surface area contributed by atoms with Crippen molar-refractivity contribution < 1.29 is 9.21 Å². The molecule has 0 saturated heterocycles. The van der Waals surface area contributed by atoms with Gasteiger partial charge in [0.1, 0.15) is 0 Å². The highest BCUT2D eigenvalue weighted by Crippen LogP contribution is 2.28. The van der Waals surface area contributed by atoms with E-state index in [1.54, 1.807) is 0 Å². The number of nitrogens with zero attached hydrogens (tertiary/aromatic N) is 2. The molecule has 1 aromatic carbocycles. The number of benzene rings is 1. The highest BCUT2D eigenvalue weighted by Gasteiger charge is 2.26. The van der Waals surface area contributed by atoms with Crippen LogP contribution in [-0.2, 0) is 4.79 Å². The van der Waals surface area contributed by atoms with Gasteiger partial charge in [-0.15, -0.1) is 10.2 Å². The van der Waals surface area contributed by atoms with Gasteiger partial charge in [-0.05, 0) is 51.7 Å². The van der Waals surface area contributed by atoms with Gasteiger partial charge in [0.15, 0.2) is 0 Å². The van der Waals surface area contributed by atoms with Gasteiger partial charge in [-0.1, -0.05) is 48.7 Å². The Morgan fingerprint density at radius 2 is 1.88 bits per heavy atom. The van der Waals surface area contributed by atoms with Crippen molar-refractivity contribution in [2.75, 3.05) is 0 Å². The van der Waals surface area contributed by atoms with E-state index in [4.69, 9.17) is 4.42 Å². The fourth-order valence-electron chi connectivity index (χ4n) is 3.51. The number of amides is 1. The second kappa shape index (κ2) is 8.25. The summed E-state index contributed by atoms with van der Waals surface area (Å²) in [6.45, 7) is 8.19. The quantitative estimate of drug-likeness (QED) is 0.780. The molecule has 0 unspecified atom stereocenters. The number of aromatic nitrogens is 2. The lowest BCUT2D eigenvalue weighted by atomic mass is 9.86. The maximum Gasteiger partial charge on any atom is 0.277 e. The van der Waals surface area contributed by atoms with Crippen molar-refractivity contribution in [3.05, 3.63) is 29.3 Å². The van der Waals surface area contributed by atoms with Crippen LogP contribution in [0, 0.1) is 19.8 Å². The Kier molecular flexibility index (Phi) is 6.01. The summed E-state index contributed by atoms with van der Waals surface area (Å²) in [7, 11) is 0. The lowest BCUT2D eigenvalue weighted by molar-refractivity contribution is -0.121. The molecule has 26 heavy (non-hydrogen) atoms. The average molecular weight is 374 g/mol. The van der Waals surface area contributed by atoms with E-state index in [1.807, 2.05) is 32.9 Å². The minimum atomic E-state index is -0.267. The largest absolute Gasteiger partial charge is 0.411 e. The van der Waals surface area contributed by atoms with Crippen LogP contribution in [0.3, 0.4) is 0 Å². The van der Waals surface area contributed by atoms with E-state index in [-0.39, 0.29) is 17.2 Å². The highest BCUT2D eigenvalue weighted by atomic mass is 32.2. The first-order chi connectivity index (χ1) is 12.4. The van der Waals surface area contributed by atoms with E-state index in [0.29, 0.717) is 17.0 Å². The number of carbonyl (C=O) groups is 1. The molecule has 1 saturated carbocycles. The maximum atomic E-state index is 12.5. The van der Waals surface area contributed by atoms with E-state index < -0.39 is 0 Å². The van der Waals surface area contributed by atoms with Crippen molar-refractivity contribution in [1.82, 2.24) is 15.5 Å². The number of nitrogens with one attached hydrogen (secondary N) is 1. The molecule has 1 aliphatic carbocycles. The lowest BCUT2D eigenvalue weighted by Crippen LogP contribution is -2.44. The normalized spacial score (nSPS) is 21.4. The molecule has 0 aliphatic heterocycles. The minimum Gasteiger partial charge on any atom is -0.411 e. The zero-order valence-corrected chi connectivity index (χ0v) is 16.7. The number of rotatable bonds is 5. The summed E-state index contributed by atoms with van der Waals surface area (Å²) in [4.78, 5) is 12.5. The molecule has 1 N–H and O–H groups in total. The number of hydrogen-bond acceptors (Lipinski definition) is 5. The van der Waals surface area contributed by atoms with Crippen LogP contribution in [0.1, 0.15) is 50.7 Å². The minimum absolute atomic E-state index is 0.0416. The Morgan fingerprint density at radius 3 is 2.58 bits per heavy atom. The predicted molar refractivity (Wildman–Crippen MR) is 104 cm³/mol. The predicted octanol–water partition coefficient (Wildman–Crippen LogP) is 4.53. The van der Waals surface area contributed by atoms with Crippen LogP contribution in [0.2, 0.25) is 0 Å². The summed E-state index contributed by atoms with van der Waals surface area (Å²) in [5.74, 6) is 1.08. The number of hydrogen-bond donors (Lipinski definition) is 1. The number of thioether (sulfide) groups is 1. The van der Waals surface area contributed by atoms with E-state index in [2.05, 4.69) is 28.5 Å². The second-order valence-corrected chi connectivity index (χ2v) is 8.68. The summed E-state index contributed by atoms with van der Waals surface area (Å²) in [5, 5.41) is 11.6. The first kappa shape index (κ1) is 19.0. The molecular formula is C20H27N3O2S. The molecule has 2 aromatic rings. The van der Waals surface area contributed by atoms with Gasteiger partial charge in [0, 0.05) is 11.6 Å². The zero-order chi connectivity index (χ0) is 18.7. The molecule has 1 aliphatic rings. The molecule has 0 radical (unpaired) electrons. The van der Waals surface area contributed by atoms with Crippen LogP contribution >= 0.6 is 11.8 Å². The van der Waals surface area contributed by atoms with Crippen molar-refractivity contribution in [3.63, 3.8) is 0 Å². The van der Waals surface area contributed by atoms with Crippen LogP contribution in [0.4, 0.5) is 0 Å². The Hall–Kier alpha value is -1.82. The van der Waals surface area contributed by atoms with Gasteiger partial charge < -0.3 is 9.73 Å². The Labute approximate surface area is 159 Å². The molecule has 1 amide bonds. The Morgan fingerprint density at radius 1 is 1.19 bits per heavy atom. The van der Waals surface area contributed by atoms with Crippen molar-refractivity contribution in [2.45, 2.75) is 69.9 Å². The van der Waals surface area contributed by atoms with Gasteiger partial charge in [0.25, 0.3) is 5.22 Å². The smallest absolute Gasteiger partial charge is 0.277 e.